The summed E-state index contributed by atoms with van der Waals surface area (Å²) < 4.78 is 0. The Kier molecular flexibility index (Phi) is 5.05. The summed E-state index contributed by atoms with van der Waals surface area (Å²) in [4.78, 5) is 23.9. The fourth-order valence-electron chi connectivity index (χ4n) is 3.24. The predicted octanol–water partition coefficient (Wildman–Crippen LogP) is 4.68. The van der Waals surface area contributed by atoms with Crippen molar-refractivity contribution >= 4 is 17.4 Å². The molecule has 1 fully saturated rings. The van der Waals surface area contributed by atoms with Crippen molar-refractivity contribution in [3.63, 3.8) is 0 Å². The summed E-state index contributed by atoms with van der Waals surface area (Å²) in [7, 11) is 0. The first-order valence-corrected chi connectivity index (χ1v) is 8.24. The van der Waals surface area contributed by atoms with Crippen molar-refractivity contribution < 1.29 is 9.59 Å². The summed E-state index contributed by atoms with van der Waals surface area (Å²) in [6, 6.07) is 7.13. The zero-order valence-electron chi connectivity index (χ0n) is 14.1. The lowest BCUT2D eigenvalue weighted by Gasteiger charge is -2.37. The third-order valence-electron chi connectivity index (χ3n) is 5.17. The van der Waals surface area contributed by atoms with Crippen LogP contribution < -0.4 is 5.32 Å². The summed E-state index contributed by atoms with van der Waals surface area (Å²) in [5, 5.41) is 3.01. The van der Waals surface area contributed by atoms with Crippen molar-refractivity contribution in [3.8, 4) is 0 Å². The maximum Gasteiger partial charge on any atom is 0.230 e. The molecule has 1 aromatic rings. The number of carbonyl (C=O) groups is 2. The van der Waals surface area contributed by atoms with E-state index < -0.39 is 0 Å². The summed E-state index contributed by atoms with van der Waals surface area (Å²) >= 11 is 0. The van der Waals surface area contributed by atoms with E-state index in [0.29, 0.717) is 11.5 Å². The summed E-state index contributed by atoms with van der Waals surface area (Å²) in [6.45, 7) is 8.15. The molecule has 3 heteroatoms. The van der Waals surface area contributed by atoms with Crippen LogP contribution in [0.25, 0.3) is 0 Å². The van der Waals surface area contributed by atoms with Gasteiger partial charge in [-0.05, 0) is 68.7 Å². The maximum absolute atomic E-state index is 12.6. The normalized spacial score (nSPS) is 25.0. The van der Waals surface area contributed by atoms with Crippen molar-refractivity contribution in [3.05, 3.63) is 29.8 Å². The number of carbonyl (C=O) groups excluding carboxylic acids is 2. The molecular weight excluding hydrogens is 274 g/mol. The van der Waals surface area contributed by atoms with Crippen LogP contribution in [0.3, 0.4) is 0 Å². The van der Waals surface area contributed by atoms with Gasteiger partial charge in [-0.2, -0.15) is 0 Å². The van der Waals surface area contributed by atoms with Gasteiger partial charge in [0.2, 0.25) is 5.91 Å². The van der Waals surface area contributed by atoms with Crippen LogP contribution in [0.5, 0.6) is 0 Å². The van der Waals surface area contributed by atoms with Crippen molar-refractivity contribution in [2.24, 2.45) is 17.3 Å². The molecule has 1 aromatic carbocycles. The number of nitrogens with one attached hydrogen (secondary N) is 1. The summed E-state index contributed by atoms with van der Waals surface area (Å²) in [6.07, 6.45) is 4.16. The van der Waals surface area contributed by atoms with Crippen LogP contribution in [0.15, 0.2) is 24.3 Å². The second-order valence-corrected chi connectivity index (χ2v) is 7.23. The van der Waals surface area contributed by atoms with E-state index >= 15 is 0 Å². The van der Waals surface area contributed by atoms with E-state index in [1.165, 1.54) is 0 Å². The Morgan fingerprint density at radius 3 is 2.14 bits per heavy atom. The molecular formula is C19H27NO2. The van der Waals surface area contributed by atoms with Gasteiger partial charge in [-0.25, -0.2) is 0 Å². The van der Waals surface area contributed by atoms with Gasteiger partial charge < -0.3 is 5.32 Å². The van der Waals surface area contributed by atoms with E-state index in [2.05, 4.69) is 26.1 Å². The molecule has 0 radical (unpaired) electrons. The van der Waals surface area contributed by atoms with Crippen LogP contribution in [0.4, 0.5) is 5.69 Å². The Hall–Kier alpha value is -1.64. The zero-order valence-corrected chi connectivity index (χ0v) is 14.1. The van der Waals surface area contributed by atoms with Gasteiger partial charge in [0.25, 0.3) is 0 Å². The maximum atomic E-state index is 12.6. The summed E-state index contributed by atoms with van der Waals surface area (Å²) in [5.74, 6) is 1.59. The largest absolute Gasteiger partial charge is 0.326 e. The number of rotatable bonds is 4. The van der Waals surface area contributed by atoms with Crippen LogP contribution in [0.1, 0.15) is 63.7 Å². The highest BCUT2D eigenvalue weighted by molar-refractivity contribution is 5.97. The van der Waals surface area contributed by atoms with E-state index in [1.54, 1.807) is 31.2 Å². The molecule has 0 saturated heterocycles. The summed E-state index contributed by atoms with van der Waals surface area (Å²) in [5.41, 5.74) is 1.16. The lowest BCUT2D eigenvalue weighted by molar-refractivity contribution is -0.127. The molecule has 0 unspecified atom stereocenters. The van der Waals surface area contributed by atoms with Crippen molar-refractivity contribution in [1.82, 2.24) is 0 Å². The monoisotopic (exact) mass is 301 g/mol. The van der Waals surface area contributed by atoms with Gasteiger partial charge in [0, 0.05) is 16.7 Å². The Balaban J connectivity index is 1.98. The average Bonchev–Trinajstić information content (AvgIpc) is 2.48. The quantitative estimate of drug-likeness (QED) is 0.821. The van der Waals surface area contributed by atoms with Crippen LogP contribution in [0, 0.1) is 17.3 Å². The van der Waals surface area contributed by atoms with Gasteiger partial charge in [0.15, 0.2) is 5.78 Å². The highest BCUT2D eigenvalue weighted by atomic mass is 16.2. The molecule has 1 aliphatic rings. The molecule has 1 amide bonds. The Bertz CT molecular complexity index is 537. The average molecular weight is 301 g/mol. The second-order valence-electron chi connectivity index (χ2n) is 7.23. The van der Waals surface area contributed by atoms with Crippen molar-refractivity contribution in [2.75, 3.05) is 5.32 Å². The highest BCUT2D eigenvalue weighted by Gasteiger charge is 2.38. The van der Waals surface area contributed by atoms with Gasteiger partial charge in [-0.3, -0.25) is 9.59 Å². The lowest BCUT2D eigenvalue weighted by atomic mass is 9.68. The van der Waals surface area contributed by atoms with Gasteiger partial charge in [-0.15, -0.1) is 0 Å². The van der Waals surface area contributed by atoms with Crippen LogP contribution in [0.2, 0.25) is 0 Å². The van der Waals surface area contributed by atoms with E-state index in [1.807, 2.05) is 0 Å². The molecule has 0 heterocycles. The van der Waals surface area contributed by atoms with Gasteiger partial charge in [0.1, 0.15) is 0 Å². The first-order chi connectivity index (χ1) is 10.3. The topological polar surface area (TPSA) is 46.2 Å². The minimum absolute atomic E-state index is 0.0387. The van der Waals surface area contributed by atoms with Crippen molar-refractivity contribution in [2.45, 2.75) is 53.4 Å². The molecule has 3 nitrogen and oxygen atoms in total. The number of anilines is 1. The standard InChI is InChI=1S/C19H27NO2/c1-13(2)15-9-11-19(4,12-10-15)18(22)20-17-7-5-16(6-8-17)14(3)21/h5-8,13,15H,9-12H2,1-4H3,(H,20,22). The predicted molar refractivity (Wildman–Crippen MR) is 90.0 cm³/mol. The Morgan fingerprint density at radius 2 is 1.68 bits per heavy atom. The minimum atomic E-state index is -0.273. The molecule has 0 aromatic heterocycles. The molecule has 1 N–H and O–H groups in total. The molecule has 0 spiro atoms. The van der Waals surface area contributed by atoms with Gasteiger partial charge in [0.05, 0.1) is 0 Å². The number of benzene rings is 1. The molecule has 0 aliphatic heterocycles. The second kappa shape index (κ2) is 6.64. The van der Waals surface area contributed by atoms with Crippen LogP contribution in [-0.2, 0) is 4.79 Å². The number of hydrogen-bond donors (Lipinski definition) is 1. The van der Waals surface area contributed by atoms with E-state index in [0.717, 1.165) is 37.3 Å². The fourth-order valence-corrected chi connectivity index (χ4v) is 3.24. The first-order valence-electron chi connectivity index (χ1n) is 8.24. The highest BCUT2D eigenvalue weighted by Crippen LogP contribution is 2.41. The third kappa shape index (κ3) is 3.76. The lowest BCUT2D eigenvalue weighted by Crippen LogP contribution is -2.37. The Labute approximate surface area is 133 Å². The van der Waals surface area contributed by atoms with E-state index in [9.17, 15) is 9.59 Å². The smallest absolute Gasteiger partial charge is 0.230 e. The van der Waals surface area contributed by atoms with Crippen LogP contribution in [-0.4, -0.2) is 11.7 Å². The van der Waals surface area contributed by atoms with Crippen LogP contribution >= 0.6 is 0 Å². The minimum Gasteiger partial charge on any atom is -0.326 e. The van der Waals surface area contributed by atoms with Gasteiger partial charge in [-0.1, -0.05) is 20.8 Å². The molecule has 0 bridgehead atoms. The van der Waals surface area contributed by atoms with E-state index in [-0.39, 0.29) is 17.1 Å². The van der Waals surface area contributed by atoms with E-state index in [4.69, 9.17) is 0 Å². The zero-order chi connectivity index (χ0) is 16.3. The fraction of sp³-hybridized carbons (Fsp3) is 0.579. The number of ketones is 1. The van der Waals surface area contributed by atoms with Crippen molar-refractivity contribution in [1.29, 1.82) is 0 Å². The molecule has 22 heavy (non-hydrogen) atoms. The molecule has 2 rings (SSSR count). The third-order valence-corrected chi connectivity index (χ3v) is 5.17. The molecule has 0 atom stereocenters. The first kappa shape index (κ1) is 16.7. The number of amides is 1. The number of Topliss-reactive ketones (excluding diaryl/α,β-unsaturated/α-hetero) is 1. The molecule has 120 valence electrons. The SMILES string of the molecule is CC(=O)c1ccc(NC(=O)C2(C)CCC(C(C)C)CC2)cc1. The Morgan fingerprint density at radius 1 is 1.14 bits per heavy atom. The van der Waals surface area contributed by atoms with Gasteiger partial charge >= 0.3 is 0 Å². The molecule has 1 aliphatic carbocycles. The molecule has 1 saturated carbocycles. The number of hydrogen-bond acceptors (Lipinski definition) is 2.